The highest BCUT2D eigenvalue weighted by Gasteiger charge is 2.55. The van der Waals surface area contributed by atoms with Gasteiger partial charge in [-0.2, -0.15) is 4.98 Å². The van der Waals surface area contributed by atoms with Gasteiger partial charge in [-0.3, -0.25) is 4.79 Å². The first kappa shape index (κ1) is 19.9. The quantitative estimate of drug-likeness (QED) is 0.429. The summed E-state index contributed by atoms with van der Waals surface area (Å²) in [5, 5.41) is 0.820. The smallest absolute Gasteiger partial charge is 0.226 e. The van der Waals surface area contributed by atoms with Crippen molar-refractivity contribution in [2.45, 2.75) is 50.2 Å². The number of benzene rings is 1. The monoisotopic (exact) mass is 490 g/mol. The number of nitrogens with two attached hydrogens (primary N) is 1. The Morgan fingerprint density at radius 2 is 2.07 bits per heavy atom. The van der Waals surface area contributed by atoms with Gasteiger partial charge in [0.1, 0.15) is 23.9 Å². The first-order valence-corrected chi connectivity index (χ1v) is 10.8. The fraction of sp³-hybridized carbons (Fsp3) is 0.381. The summed E-state index contributed by atoms with van der Waals surface area (Å²) in [7, 11) is 0. The van der Waals surface area contributed by atoms with Crippen molar-refractivity contribution in [1.82, 2.24) is 14.5 Å². The van der Waals surface area contributed by atoms with Gasteiger partial charge >= 0.3 is 0 Å². The zero-order valence-electron chi connectivity index (χ0n) is 16.4. The molecule has 4 atom stereocenters. The number of rotatable bonds is 3. The summed E-state index contributed by atoms with van der Waals surface area (Å²) in [5.74, 6) is -0.322. The Morgan fingerprint density at radius 3 is 2.83 bits per heavy atom. The number of nitrogen functional groups attached to an aromatic ring is 1. The second kappa shape index (κ2) is 7.02. The third-order valence-electron chi connectivity index (χ3n) is 5.89. The molecule has 3 heterocycles. The Hall–Kier alpha value is -2.00. The van der Waals surface area contributed by atoms with Gasteiger partial charge in [-0.05, 0) is 59.4 Å². The van der Waals surface area contributed by atoms with Gasteiger partial charge in [0.05, 0.1) is 17.5 Å². The van der Waals surface area contributed by atoms with Gasteiger partial charge in [0.15, 0.2) is 5.79 Å². The van der Waals surface area contributed by atoms with E-state index in [0.29, 0.717) is 17.0 Å². The van der Waals surface area contributed by atoms with Crippen LogP contribution >= 0.6 is 27.5 Å². The third kappa shape index (κ3) is 3.13. The number of ether oxygens (including phenoxy) is 2. The normalized spacial score (nSPS) is 27.5. The number of aromatic nitrogens is 3. The van der Waals surface area contributed by atoms with Crippen LogP contribution in [0.25, 0.3) is 11.0 Å². The summed E-state index contributed by atoms with van der Waals surface area (Å²) in [4.78, 5) is 19.8. The predicted molar refractivity (Wildman–Crippen MR) is 117 cm³/mol. The molecule has 0 spiro atoms. The van der Waals surface area contributed by atoms with E-state index in [1.807, 2.05) is 38.2 Å². The van der Waals surface area contributed by atoms with Crippen molar-refractivity contribution in [3.63, 3.8) is 0 Å². The fourth-order valence-electron chi connectivity index (χ4n) is 4.77. The van der Waals surface area contributed by atoms with Gasteiger partial charge in [-0.15, -0.1) is 0 Å². The lowest BCUT2D eigenvalue weighted by Crippen LogP contribution is -2.27. The Kier molecular flexibility index (Phi) is 4.66. The molecule has 2 fully saturated rings. The number of carbonyl (C=O) groups is 1. The second-order valence-electron chi connectivity index (χ2n) is 8.22. The number of fused-ring (bicyclic) bond motifs is 2. The number of nitrogens with zero attached hydrogens (tertiary/aromatic N) is 3. The van der Waals surface area contributed by atoms with Crippen LogP contribution < -0.4 is 5.73 Å². The Balaban J connectivity index is 1.63. The second-order valence-corrected chi connectivity index (χ2v) is 9.42. The van der Waals surface area contributed by atoms with Crippen LogP contribution in [-0.2, 0) is 9.47 Å². The molecule has 9 heteroatoms. The maximum absolute atomic E-state index is 11.3. The first-order valence-electron chi connectivity index (χ1n) is 9.67. The average molecular weight is 492 g/mol. The van der Waals surface area contributed by atoms with Crippen LogP contribution in [0.4, 0.5) is 5.82 Å². The molecule has 2 aliphatic rings. The highest BCUT2D eigenvalue weighted by Crippen LogP contribution is 2.52. The molecule has 2 aromatic heterocycles. The molecule has 1 saturated carbocycles. The summed E-state index contributed by atoms with van der Waals surface area (Å²) in [6.07, 6.45) is 3.22. The summed E-state index contributed by atoms with van der Waals surface area (Å²) >= 11 is 9.69. The van der Waals surface area contributed by atoms with Crippen molar-refractivity contribution in [3.8, 4) is 0 Å². The molecule has 1 aliphatic heterocycles. The number of halogens is 2. The van der Waals surface area contributed by atoms with Crippen molar-refractivity contribution in [2.24, 2.45) is 0 Å². The lowest BCUT2D eigenvalue weighted by Gasteiger charge is -2.24. The predicted octanol–water partition coefficient (Wildman–Crippen LogP) is 4.49. The maximum Gasteiger partial charge on any atom is 0.226 e. The molecule has 7 nitrogen and oxygen atoms in total. The van der Waals surface area contributed by atoms with Crippen molar-refractivity contribution < 1.29 is 14.3 Å². The topological polar surface area (TPSA) is 92.3 Å². The zero-order chi connectivity index (χ0) is 21.2. The minimum Gasteiger partial charge on any atom is -0.383 e. The van der Waals surface area contributed by atoms with Gasteiger partial charge in [-0.1, -0.05) is 18.2 Å². The Morgan fingerprint density at radius 1 is 1.30 bits per heavy atom. The number of hydrogen-bond acceptors (Lipinski definition) is 6. The van der Waals surface area contributed by atoms with Crippen molar-refractivity contribution in [3.05, 3.63) is 51.3 Å². The van der Waals surface area contributed by atoms with E-state index in [0.717, 1.165) is 28.1 Å². The average Bonchev–Trinajstić information content (AvgIpc) is 3.29. The van der Waals surface area contributed by atoms with Crippen LogP contribution in [0.2, 0.25) is 5.28 Å². The molecule has 2 N–H and O–H groups in total. The van der Waals surface area contributed by atoms with Gasteiger partial charge < -0.3 is 19.8 Å². The van der Waals surface area contributed by atoms with E-state index < -0.39 is 5.79 Å². The molecule has 0 bridgehead atoms. The minimum atomic E-state index is -0.708. The lowest BCUT2D eigenvalue weighted by molar-refractivity contribution is -0.157. The largest absolute Gasteiger partial charge is 0.383 e. The van der Waals surface area contributed by atoms with Crippen LogP contribution in [0.1, 0.15) is 48.1 Å². The number of hydrogen-bond donors (Lipinski definition) is 1. The van der Waals surface area contributed by atoms with Crippen molar-refractivity contribution in [1.29, 1.82) is 0 Å². The molecule has 0 radical (unpaired) electrons. The van der Waals surface area contributed by atoms with E-state index in [1.165, 1.54) is 0 Å². The van der Waals surface area contributed by atoms with Crippen molar-refractivity contribution >= 4 is 50.7 Å². The molecule has 156 valence electrons. The highest BCUT2D eigenvalue weighted by atomic mass is 79.9. The molecule has 3 aromatic rings. The van der Waals surface area contributed by atoms with E-state index in [-0.39, 0.29) is 29.5 Å². The minimum absolute atomic E-state index is 0.0548. The van der Waals surface area contributed by atoms with Crippen LogP contribution in [0.3, 0.4) is 0 Å². The molecule has 1 aliphatic carbocycles. The Labute approximate surface area is 186 Å². The summed E-state index contributed by atoms with van der Waals surface area (Å²) < 4.78 is 15.5. The number of anilines is 1. The van der Waals surface area contributed by atoms with Crippen LogP contribution in [0.5, 0.6) is 0 Å². The Bertz CT molecular complexity index is 1160. The van der Waals surface area contributed by atoms with E-state index >= 15 is 0 Å². The lowest BCUT2D eigenvalue weighted by atomic mass is 9.94. The first-order chi connectivity index (χ1) is 14.3. The van der Waals surface area contributed by atoms with E-state index in [1.54, 1.807) is 6.07 Å². The number of aldehydes is 1. The molecule has 1 aromatic carbocycles. The van der Waals surface area contributed by atoms with Crippen LogP contribution in [-0.4, -0.2) is 38.8 Å². The zero-order valence-corrected chi connectivity index (χ0v) is 18.7. The molecule has 1 saturated heterocycles. The van der Waals surface area contributed by atoms with Gasteiger partial charge in [0.2, 0.25) is 5.28 Å². The van der Waals surface area contributed by atoms with Gasteiger partial charge in [0, 0.05) is 22.2 Å². The highest BCUT2D eigenvalue weighted by molar-refractivity contribution is 9.10. The van der Waals surface area contributed by atoms with Gasteiger partial charge in [-0.25, -0.2) is 4.98 Å². The summed E-state index contributed by atoms with van der Waals surface area (Å²) in [6, 6.07) is 7.60. The van der Waals surface area contributed by atoms with E-state index in [4.69, 9.17) is 26.8 Å². The number of carbonyl (C=O) groups excluding carboxylic acids is 1. The molecule has 5 rings (SSSR count). The van der Waals surface area contributed by atoms with Crippen molar-refractivity contribution in [2.75, 3.05) is 5.73 Å². The molecule has 0 unspecified atom stereocenters. The SMILES string of the molecule is CC1(C)O[C@@H]2[C@H](O1)[C@@H](c1cccc(C=O)c1)C[C@H]2n1cc(Br)c2c(N)nc(Cl)nc21. The molecule has 30 heavy (non-hydrogen) atoms. The standard InChI is InChI=1S/C21H20BrClN4O3/c1-21(2)29-16-12(11-5-3-4-10(6-11)9-28)7-14(17(16)30-21)27-8-13(22)15-18(24)25-20(23)26-19(15)27/h3-6,8-9,12,14,16-17H,7H2,1-2H3,(H2,24,25,26)/t12-,14-,16-,17+/m1/s1. The van der Waals surface area contributed by atoms with E-state index in [9.17, 15) is 4.79 Å². The molecule has 0 amide bonds. The maximum atomic E-state index is 11.3. The third-order valence-corrected chi connectivity index (χ3v) is 6.66. The molecular weight excluding hydrogens is 472 g/mol. The molecular formula is C21H20BrClN4O3. The summed E-state index contributed by atoms with van der Waals surface area (Å²) in [5.41, 5.74) is 8.46. The fourth-order valence-corrected chi connectivity index (χ4v) is 5.54. The van der Waals surface area contributed by atoms with E-state index in [2.05, 4.69) is 30.5 Å². The van der Waals surface area contributed by atoms with Gasteiger partial charge in [0.25, 0.3) is 0 Å². The van der Waals surface area contributed by atoms with Crippen LogP contribution in [0.15, 0.2) is 34.9 Å². The summed E-state index contributed by atoms with van der Waals surface area (Å²) in [6.45, 7) is 3.84. The van der Waals surface area contributed by atoms with Crippen LogP contribution in [0, 0.1) is 0 Å².